The van der Waals surface area contributed by atoms with Gasteiger partial charge < -0.3 is 0 Å². The summed E-state index contributed by atoms with van der Waals surface area (Å²) in [7, 11) is 0. The molecule has 3 heteroatoms. The Labute approximate surface area is 70.1 Å². The molecule has 0 aromatic heterocycles. The third-order valence-corrected chi connectivity index (χ3v) is 1.54. The Hall–Kier alpha value is -1.84. The van der Waals surface area contributed by atoms with Gasteiger partial charge in [-0.15, -0.1) is 0 Å². The van der Waals surface area contributed by atoms with E-state index in [0.717, 1.165) is 0 Å². The van der Waals surface area contributed by atoms with Gasteiger partial charge in [0.1, 0.15) is 18.7 Å². The van der Waals surface area contributed by atoms with Gasteiger partial charge in [-0.2, -0.15) is 10.5 Å². The van der Waals surface area contributed by atoms with E-state index < -0.39 is 6.61 Å². The molecule has 0 aliphatic rings. The van der Waals surface area contributed by atoms with Crippen molar-refractivity contribution in [1.29, 1.82) is 10.5 Å². The molecule has 0 aliphatic heterocycles. The van der Waals surface area contributed by atoms with Crippen LogP contribution in [0, 0.1) is 22.7 Å². The molecular formula is C9H5N2O. The maximum absolute atomic E-state index is 10.5. The van der Waals surface area contributed by atoms with Gasteiger partial charge in [-0.05, 0) is 6.07 Å². The Kier molecular flexibility index (Phi) is 2.42. The van der Waals surface area contributed by atoms with Gasteiger partial charge in [-0.25, -0.2) is 5.11 Å². The lowest BCUT2D eigenvalue weighted by Gasteiger charge is -1.98. The number of nitriles is 2. The number of hydrogen-bond donors (Lipinski definition) is 0. The standard InChI is InChI=1S/C9H5N2O/c10-4-7-2-1-3-8(6-12)9(7)5-11/h1-3H,6H2. The molecule has 1 rings (SSSR count). The van der Waals surface area contributed by atoms with Gasteiger partial charge in [0.25, 0.3) is 0 Å². The Balaban J connectivity index is 3.37. The van der Waals surface area contributed by atoms with Crippen LogP contribution in [0.4, 0.5) is 0 Å². The third-order valence-electron chi connectivity index (χ3n) is 1.54. The second-order valence-electron chi connectivity index (χ2n) is 2.21. The molecule has 0 spiro atoms. The molecule has 0 aliphatic carbocycles. The highest BCUT2D eigenvalue weighted by molar-refractivity contribution is 5.49. The highest BCUT2D eigenvalue weighted by Crippen LogP contribution is 2.12. The minimum absolute atomic E-state index is 0.204. The van der Waals surface area contributed by atoms with Crippen molar-refractivity contribution < 1.29 is 5.11 Å². The van der Waals surface area contributed by atoms with E-state index in [0.29, 0.717) is 5.56 Å². The van der Waals surface area contributed by atoms with E-state index in [1.165, 1.54) is 6.07 Å². The van der Waals surface area contributed by atoms with Crippen molar-refractivity contribution in [1.82, 2.24) is 0 Å². The lowest BCUT2D eigenvalue weighted by Crippen LogP contribution is -1.91. The van der Waals surface area contributed by atoms with Gasteiger partial charge in [0.05, 0.1) is 11.1 Å². The number of hydrogen-bond acceptors (Lipinski definition) is 2. The molecule has 57 valence electrons. The second kappa shape index (κ2) is 3.52. The van der Waals surface area contributed by atoms with Crippen molar-refractivity contribution in [3.8, 4) is 12.1 Å². The zero-order valence-corrected chi connectivity index (χ0v) is 6.24. The van der Waals surface area contributed by atoms with Crippen LogP contribution >= 0.6 is 0 Å². The molecule has 0 saturated carbocycles. The highest BCUT2D eigenvalue weighted by Gasteiger charge is 2.05. The molecule has 0 unspecified atom stereocenters. The van der Waals surface area contributed by atoms with Gasteiger partial charge in [-0.1, -0.05) is 12.1 Å². The second-order valence-corrected chi connectivity index (χ2v) is 2.21. The Bertz CT molecular complexity index is 371. The summed E-state index contributed by atoms with van der Waals surface area (Å²) in [4.78, 5) is 0. The molecule has 0 atom stereocenters. The van der Waals surface area contributed by atoms with Crippen LogP contribution in [-0.2, 0) is 11.7 Å². The van der Waals surface area contributed by atoms with Crippen LogP contribution in [0.15, 0.2) is 18.2 Å². The summed E-state index contributed by atoms with van der Waals surface area (Å²) < 4.78 is 0. The smallest absolute Gasteiger partial charge is 0.109 e. The van der Waals surface area contributed by atoms with Gasteiger partial charge in [0.2, 0.25) is 0 Å². The lowest BCUT2D eigenvalue weighted by atomic mass is 10.0. The Morgan fingerprint density at radius 2 is 2.00 bits per heavy atom. The summed E-state index contributed by atoms with van der Waals surface area (Å²) in [5.74, 6) is 0. The van der Waals surface area contributed by atoms with Crippen molar-refractivity contribution >= 4 is 0 Å². The zero-order chi connectivity index (χ0) is 8.97. The summed E-state index contributed by atoms with van der Waals surface area (Å²) in [6, 6.07) is 8.39. The number of nitrogens with zero attached hydrogens (tertiary/aromatic N) is 2. The molecule has 3 nitrogen and oxygen atoms in total. The minimum atomic E-state index is -0.460. The van der Waals surface area contributed by atoms with Crippen molar-refractivity contribution in [3.05, 3.63) is 34.9 Å². The van der Waals surface area contributed by atoms with Crippen LogP contribution < -0.4 is 0 Å². The van der Waals surface area contributed by atoms with Crippen molar-refractivity contribution in [2.75, 3.05) is 0 Å². The fourth-order valence-electron chi connectivity index (χ4n) is 0.946. The van der Waals surface area contributed by atoms with E-state index in [2.05, 4.69) is 0 Å². The first-order valence-corrected chi connectivity index (χ1v) is 3.33. The first kappa shape index (κ1) is 8.26. The van der Waals surface area contributed by atoms with Gasteiger partial charge in [0, 0.05) is 5.56 Å². The van der Waals surface area contributed by atoms with Crippen LogP contribution in [0.3, 0.4) is 0 Å². The largest absolute Gasteiger partial charge is 0.232 e. The first-order chi connectivity index (χ1) is 5.83. The quantitative estimate of drug-likeness (QED) is 0.617. The van der Waals surface area contributed by atoms with Crippen molar-refractivity contribution in [2.45, 2.75) is 6.61 Å². The molecule has 1 radical (unpaired) electrons. The predicted molar refractivity (Wildman–Crippen MR) is 40.3 cm³/mol. The van der Waals surface area contributed by atoms with Gasteiger partial charge in [0.15, 0.2) is 0 Å². The molecular weight excluding hydrogens is 152 g/mol. The molecule has 0 fully saturated rings. The molecule has 0 amide bonds. The van der Waals surface area contributed by atoms with E-state index >= 15 is 0 Å². The maximum Gasteiger partial charge on any atom is 0.109 e. The summed E-state index contributed by atoms with van der Waals surface area (Å²) in [5.41, 5.74) is 0.859. The minimum Gasteiger partial charge on any atom is -0.232 e. The van der Waals surface area contributed by atoms with E-state index in [4.69, 9.17) is 10.5 Å². The molecule has 12 heavy (non-hydrogen) atoms. The van der Waals surface area contributed by atoms with Crippen molar-refractivity contribution in [2.24, 2.45) is 0 Å². The maximum atomic E-state index is 10.5. The normalized spacial score (nSPS) is 8.58. The van der Waals surface area contributed by atoms with Crippen LogP contribution in [0.1, 0.15) is 16.7 Å². The monoisotopic (exact) mass is 157 g/mol. The summed E-state index contributed by atoms with van der Waals surface area (Å²) in [5, 5.41) is 27.7. The fourth-order valence-corrected chi connectivity index (χ4v) is 0.946. The number of rotatable bonds is 1. The number of benzene rings is 1. The summed E-state index contributed by atoms with van der Waals surface area (Å²) >= 11 is 0. The molecule has 0 saturated heterocycles. The van der Waals surface area contributed by atoms with E-state index in [1.54, 1.807) is 12.1 Å². The Morgan fingerprint density at radius 1 is 1.25 bits per heavy atom. The molecule has 0 bridgehead atoms. The van der Waals surface area contributed by atoms with Gasteiger partial charge >= 0.3 is 0 Å². The average Bonchev–Trinajstić information content (AvgIpc) is 2.16. The summed E-state index contributed by atoms with van der Waals surface area (Å²) in [6.45, 7) is -0.460. The Morgan fingerprint density at radius 3 is 2.50 bits per heavy atom. The predicted octanol–water partition coefficient (Wildman–Crippen LogP) is 1.36. The molecule has 1 aromatic carbocycles. The molecule has 1 aromatic rings. The van der Waals surface area contributed by atoms with Crippen LogP contribution in [0.5, 0.6) is 0 Å². The average molecular weight is 157 g/mol. The van der Waals surface area contributed by atoms with Crippen LogP contribution in [0.25, 0.3) is 0 Å². The van der Waals surface area contributed by atoms with E-state index in [1.807, 2.05) is 12.1 Å². The SMILES string of the molecule is N#Cc1cccc(C[O])c1C#N. The first-order valence-electron chi connectivity index (χ1n) is 3.33. The lowest BCUT2D eigenvalue weighted by molar-refractivity contribution is 0.177. The third kappa shape index (κ3) is 1.27. The zero-order valence-electron chi connectivity index (χ0n) is 6.24. The van der Waals surface area contributed by atoms with E-state index in [-0.39, 0.29) is 11.1 Å². The fraction of sp³-hybridized carbons (Fsp3) is 0.111. The molecule has 0 heterocycles. The van der Waals surface area contributed by atoms with E-state index in [9.17, 15) is 5.11 Å². The van der Waals surface area contributed by atoms with Crippen LogP contribution in [-0.4, -0.2) is 0 Å². The van der Waals surface area contributed by atoms with Crippen LogP contribution in [0.2, 0.25) is 0 Å². The topological polar surface area (TPSA) is 67.5 Å². The highest BCUT2D eigenvalue weighted by atomic mass is 16.3. The van der Waals surface area contributed by atoms with Gasteiger partial charge in [-0.3, -0.25) is 0 Å². The van der Waals surface area contributed by atoms with Crippen molar-refractivity contribution in [3.63, 3.8) is 0 Å². The summed E-state index contributed by atoms with van der Waals surface area (Å²) in [6.07, 6.45) is 0. The molecule has 0 N–H and O–H groups in total.